The SMILES string of the molecule is C=CCCCCC[C@H](Cl)[C@H](O)CO. The normalized spacial score (nSPS) is 15.3. The summed E-state index contributed by atoms with van der Waals surface area (Å²) in [7, 11) is 0. The standard InChI is InChI=1S/C10H19ClO2/c1-2-3-4-5-6-7-9(11)10(13)8-12/h2,9-10,12-13H,1,3-8H2/t9-,10+/m0/s1. The maximum absolute atomic E-state index is 9.13. The second-order valence-electron chi connectivity index (χ2n) is 3.19. The van der Waals surface area contributed by atoms with Crippen molar-refractivity contribution in [3.8, 4) is 0 Å². The molecule has 0 aliphatic carbocycles. The first kappa shape index (κ1) is 12.9. The van der Waals surface area contributed by atoms with E-state index in [1.807, 2.05) is 6.08 Å². The van der Waals surface area contributed by atoms with E-state index in [9.17, 15) is 0 Å². The van der Waals surface area contributed by atoms with Gasteiger partial charge in [-0.3, -0.25) is 0 Å². The first-order valence-electron chi connectivity index (χ1n) is 4.76. The van der Waals surface area contributed by atoms with Crippen LogP contribution in [-0.4, -0.2) is 28.3 Å². The van der Waals surface area contributed by atoms with Crippen molar-refractivity contribution in [3.05, 3.63) is 12.7 Å². The summed E-state index contributed by atoms with van der Waals surface area (Å²) < 4.78 is 0. The summed E-state index contributed by atoms with van der Waals surface area (Å²) in [6.07, 6.45) is 6.16. The average molecular weight is 207 g/mol. The lowest BCUT2D eigenvalue weighted by atomic mass is 10.1. The van der Waals surface area contributed by atoms with E-state index in [-0.39, 0.29) is 12.0 Å². The molecule has 0 aromatic carbocycles. The number of hydrogen-bond acceptors (Lipinski definition) is 2. The Morgan fingerprint density at radius 1 is 1.31 bits per heavy atom. The summed E-state index contributed by atoms with van der Waals surface area (Å²) in [5.41, 5.74) is 0. The Morgan fingerprint density at radius 3 is 2.54 bits per heavy atom. The predicted octanol–water partition coefficient (Wildman–Crippen LogP) is 2.08. The molecule has 13 heavy (non-hydrogen) atoms. The predicted molar refractivity (Wildman–Crippen MR) is 56.0 cm³/mol. The molecule has 0 aliphatic rings. The first-order chi connectivity index (χ1) is 6.22. The van der Waals surface area contributed by atoms with Crippen LogP contribution in [0.2, 0.25) is 0 Å². The molecule has 2 atom stereocenters. The Morgan fingerprint density at radius 2 is 2.00 bits per heavy atom. The van der Waals surface area contributed by atoms with Gasteiger partial charge in [0.15, 0.2) is 0 Å². The van der Waals surface area contributed by atoms with Crippen molar-refractivity contribution >= 4 is 11.6 Å². The molecule has 3 heteroatoms. The number of aliphatic hydroxyl groups is 2. The van der Waals surface area contributed by atoms with Crippen molar-refractivity contribution in [3.63, 3.8) is 0 Å². The van der Waals surface area contributed by atoms with Crippen LogP contribution in [0.5, 0.6) is 0 Å². The molecule has 78 valence electrons. The van der Waals surface area contributed by atoms with Crippen LogP contribution in [0.4, 0.5) is 0 Å². The molecule has 0 heterocycles. The molecular weight excluding hydrogens is 188 g/mol. The van der Waals surface area contributed by atoms with Gasteiger partial charge in [0.25, 0.3) is 0 Å². The van der Waals surface area contributed by atoms with Gasteiger partial charge >= 0.3 is 0 Å². The lowest BCUT2D eigenvalue weighted by molar-refractivity contribution is 0.0890. The molecule has 0 aliphatic heterocycles. The maximum atomic E-state index is 9.13. The van der Waals surface area contributed by atoms with Crippen LogP contribution in [0.1, 0.15) is 32.1 Å². The lowest BCUT2D eigenvalue weighted by Crippen LogP contribution is -2.24. The monoisotopic (exact) mass is 206 g/mol. The third-order valence-electron chi connectivity index (χ3n) is 1.99. The van der Waals surface area contributed by atoms with Gasteiger partial charge in [-0.15, -0.1) is 18.2 Å². The van der Waals surface area contributed by atoms with E-state index in [2.05, 4.69) is 6.58 Å². The minimum absolute atomic E-state index is 0.249. The molecule has 0 radical (unpaired) electrons. The van der Waals surface area contributed by atoms with Gasteiger partial charge < -0.3 is 10.2 Å². The fraction of sp³-hybridized carbons (Fsp3) is 0.800. The fourth-order valence-electron chi connectivity index (χ4n) is 1.11. The van der Waals surface area contributed by atoms with Gasteiger partial charge in [-0.25, -0.2) is 0 Å². The first-order valence-corrected chi connectivity index (χ1v) is 5.20. The zero-order valence-corrected chi connectivity index (χ0v) is 8.71. The lowest BCUT2D eigenvalue weighted by Gasteiger charge is -2.13. The second kappa shape index (κ2) is 8.54. The Kier molecular flexibility index (Phi) is 8.51. The molecular formula is C10H19ClO2. The molecule has 2 nitrogen and oxygen atoms in total. The molecule has 0 unspecified atom stereocenters. The highest BCUT2D eigenvalue weighted by molar-refractivity contribution is 6.21. The van der Waals surface area contributed by atoms with Crippen molar-refractivity contribution in [2.75, 3.05) is 6.61 Å². The van der Waals surface area contributed by atoms with Gasteiger partial charge in [-0.2, -0.15) is 0 Å². The van der Waals surface area contributed by atoms with E-state index in [0.717, 1.165) is 32.1 Å². The molecule has 0 bridgehead atoms. The van der Waals surface area contributed by atoms with Crippen molar-refractivity contribution in [1.29, 1.82) is 0 Å². The van der Waals surface area contributed by atoms with E-state index >= 15 is 0 Å². The van der Waals surface area contributed by atoms with E-state index in [1.54, 1.807) is 0 Å². The van der Waals surface area contributed by atoms with E-state index in [0.29, 0.717) is 0 Å². The number of allylic oxidation sites excluding steroid dienone is 1. The van der Waals surface area contributed by atoms with Gasteiger partial charge in [0, 0.05) is 0 Å². The summed E-state index contributed by atoms with van der Waals surface area (Å²) in [5, 5.41) is 17.4. The van der Waals surface area contributed by atoms with Gasteiger partial charge in [0.2, 0.25) is 0 Å². The summed E-state index contributed by atoms with van der Waals surface area (Å²) in [6.45, 7) is 3.39. The van der Waals surface area contributed by atoms with Crippen molar-refractivity contribution in [1.82, 2.24) is 0 Å². The van der Waals surface area contributed by atoms with Crippen molar-refractivity contribution in [2.45, 2.75) is 43.6 Å². The molecule has 2 N–H and O–H groups in total. The van der Waals surface area contributed by atoms with Crippen LogP contribution < -0.4 is 0 Å². The minimum Gasteiger partial charge on any atom is -0.394 e. The molecule has 0 amide bonds. The maximum Gasteiger partial charge on any atom is 0.0933 e. The Balaban J connectivity index is 3.26. The fourth-order valence-corrected chi connectivity index (χ4v) is 1.35. The molecule has 0 saturated heterocycles. The quantitative estimate of drug-likeness (QED) is 0.363. The van der Waals surface area contributed by atoms with Crippen LogP contribution in [0.25, 0.3) is 0 Å². The van der Waals surface area contributed by atoms with Gasteiger partial charge in [0.1, 0.15) is 0 Å². The Bertz CT molecular complexity index is 128. The highest BCUT2D eigenvalue weighted by Gasteiger charge is 2.14. The number of rotatable bonds is 8. The third kappa shape index (κ3) is 7.05. The molecule has 0 saturated carbocycles. The van der Waals surface area contributed by atoms with Crippen molar-refractivity contribution in [2.24, 2.45) is 0 Å². The number of aliphatic hydroxyl groups excluding tert-OH is 2. The molecule has 0 fully saturated rings. The summed E-state index contributed by atoms with van der Waals surface area (Å²) in [4.78, 5) is 0. The van der Waals surface area contributed by atoms with Crippen LogP contribution in [0, 0.1) is 0 Å². The highest BCUT2D eigenvalue weighted by atomic mass is 35.5. The number of unbranched alkanes of at least 4 members (excludes halogenated alkanes) is 3. The van der Waals surface area contributed by atoms with Gasteiger partial charge in [-0.1, -0.05) is 18.9 Å². The topological polar surface area (TPSA) is 40.5 Å². The van der Waals surface area contributed by atoms with Crippen LogP contribution in [-0.2, 0) is 0 Å². The average Bonchev–Trinajstić information content (AvgIpc) is 2.16. The van der Waals surface area contributed by atoms with Crippen molar-refractivity contribution < 1.29 is 10.2 Å². The summed E-state index contributed by atoms with van der Waals surface area (Å²) in [5.74, 6) is 0. The number of hydrogen-bond donors (Lipinski definition) is 2. The van der Waals surface area contributed by atoms with Crippen LogP contribution in [0.15, 0.2) is 12.7 Å². The largest absolute Gasteiger partial charge is 0.394 e. The second-order valence-corrected chi connectivity index (χ2v) is 3.75. The van der Waals surface area contributed by atoms with E-state index in [1.165, 1.54) is 0 Å². The Labute approximate surface area is 85.2 Å². The van der Waals surface area contributed by atoms with E-state index in [4.69, 9.17) is 21.8 Å². The Hall–Kier alpha value is -0.0500. The van der Waals surface area contributed by atoms with Gasteiger partial charge in [0.05, 0.1) is 18.1 Å². The number of halogens is 1. The highest BCUT2D eigenvalue weighted by Crippen LogP contribution is 2.13. The zero-order valence-electron chi connectivity index (χ0n) is 7.95. The summed E-state index contributed by atoms with van der Waals surface area (Å²) >= 11 is 5.81. The van der Waals surface area contributed by atoms with Crippen LogP contribution >= 0.6 is 11.6 Å². The van der Waals surface area contributed by atoms with E-state index < -0.39 is 6.10 Å². The molecule has 0 spiro atoms. The summed E-state index contributed by atoms with van der Waals surface area (Å²) in [6, 6.07) is 0. The minimum atomic E-state index is -0.777. The molecule has 0 aromatic rings. The molecule has 0 aromatic heterocycles. The zero-order chi connectivity index (χ0) is 10.1. The van der Waals surface area contributed by atoms with Crippen LogP contribution in [0.3, 0.4) is 0 Å². The molecule has 0 rings (SSSR count). The smallest absolute Gasteiger partial charge is 0.0933 e. The van der Waals surface area contributed by atoms with Gasteiger partial charge in [-0.05, 0) is 19.3 Å². The third-order valence-corrected chi connectivity index (χ3v) is 2.50. The number of alkyl halides is 1.